The van der Waals surface area contributed by atoms with Gasteiger partial charge in [0.25, 0.3) is 0 Å². The maximum atomic E-state index is 12.8. The molecular weight excluding hydrogens is 491 g/mol. The quantitative estimate of drug-likeness (QED) is 0.317. The number of hydrogen-bond donors (Lipinski definition) is 1. The van der Waals surface area contributed by atoms with Crippen molar-refractivity contribution in [3.63, 3.8) is 0 Å². The van der Waals surface area contributed by atoms with Crippen LogP contribution in [-0.4, -0.2) is 28.4 Å². The van der Waals surface area contributed by atoms with Gasteiger partial charge in [-0.1, -0.05) is 37.6 Å². The Bertz CT molecular complexity index is 1190. The number of ketones is 1. The molecular formula is C24H21ClF3NO4S. The zero-order chi connectivity index (χ0) is 25.0. The first kappa shape index (κ1) is 25.7. The van der Waals surface area contributed by atoms with Crippen LogP contribution in [0.1, 0.15) is 52.7 Å². The monoisotopic (exact) mass is 511 g/mol. The zero-order valence-corrected chi connectivity index (χ0v) is 19.9. The summed E-state index contributed by atoms with van der Waals surface area (Å²) in [5, 5.41) is 9.43. The molecule has 2 aromatic carbocycles. The molecule has 0 radical (unpaired) electrons. The van der Waals surface area contributed by atoms with E-state index < -0.39 is 24.3 Å². The van der Waals surface area contributed by atoms with Crippen molar-refractivity contribution in [2.45, 2.75) is 38.8 Å². The fourth-order valence-corrected chi connectivity index (χ4v) is 4.68. The van der Waals surface area contributed by atoms with E-state index in [1.807, 2.05) is 13.8 Å². The molecule has 5 nitrogen and oxygen atoms in total. The fourth-order valence-electron chi connectivity index (χ4n) is 3.22. The predicted octanol–water partition coefficient (Wildman–Crippen LogP) is 6.88. The Morgan fingerprint density at radius 1 is 1.15 bits per heavy atom. The molecule has 0 aliphatic heterocycles. The molecule has 0 atom stereocenters. The highest BCUT2D eigenvalue weighted by Crippen LogP contribution is 2.35. The van der Waals surface area contributed by atoms with E-state index in [1.54, 1.807) is 0 Å². The summed E-state index contributed by atoms with van der Waals surface area (Å²) in [4.78, 5) is 28.9. The molecule has 10 heteroatoms. The first-order chi connectivity index (χ1) is 16.0. The van der Waals surface area contributed by atoms with Crippen LogP contribution < -0.4 is 4.74 Å². The van der Waals surface area contributed by atoms with Crippen molar-refractivity contribution in [1.29, 1.82) is 0 Å². The summed E-state index contributed by atoms with van der Waals surface area (Å²) in [5.41, 5.74) is 1.04. The minimum Gasteiger partial charge on any atom is -0.480 e. The molecule has 1 aromatic heterocycles. The first-order valence-corrected chi connectivity index (χ1v) is 11.5. The second-order valence-electron chi connectivity index (χ2n) is 7.81. The van der Waals surface area contributed by atoms with Gasteiger partial charge in [0.1, 0.15) is 10.8 Å². The number of aromatic nitrogens is 1. The van der Waals surface area contributed by atoms with Gasteiger partial charge in [0.2, 0.25) is 0 Å². The van der Waals surface area contributed by atoms with Gasteiger partial charge in [-0.05, 0) is 42.7 Å². The average Bonchev–Trinajstić information content (AvgIpc) is 3.20. The second-order valence-corrected chi connectivity index (χ2v) is 9.30. The highest BCUT2D eigenvalue weighted by Gasteiger charge is 2.30. The van der Waals surface area contributed by atoms with Gasteiger partial charge in [0, 0.05) is 22.4 Å². The maximum Gasteiger partial charge on any atom is 0.416 e. The van der Waals surface area contributed by atoms with Crippen LogP contribution in [0.15, 0.2) is 42.5 Å². The molecule has 0 spiro atoms. The molecule has 0 saturated carbocycles. The summed E-state index contributed by atoms with van der Waals surface area (Å²) in [6.07, 6.45) is -3.81. The van der Waals surface area contributed by atoms with E-state index in [1.165, 1.54) is 41.7 Å². The third-order valence-electron chi connectivity index (χ3n) is 4.92. The van der Waals surface area contributed by atoms with Crippen LogP contribution in [0.25, 0.3) is 10.6 Å². The lowest BCUT2D eigenvalue weighted by Crippen LogP contribution is -2.10. The largest absolute Gasteiger partial charge is 0.480 e. The van der Waals surface area contributed by atoms with Gasteiger partial charge in [-0.2, -0.15) is 13.2 Å². The van der Waals surface area contributed by atoms with E-state index in [0.717, 1.165) is 22.7 Å². The van der Waals surface area contributed by atoms with Gasteiger partial charge in [0.15, 0.2) is 12.4 Å². The van der Waals surface area contributed by atoms with Crippen LogP contribution in [0.5, 0.6) is 5.75 Å². The van der Waals surface area contributed by atoms with E-state index >= 15 is 0 Å². The van der Waals surface area contributed by atoms with Crippen LogP contribution >= 0.6 is 22.9 Å². The SMILES string of the molecule is CC(C)c1nc(-c2ccc(C(F)(F)F)cc2)sc1CCC(=O)c1ccc(OCC(=O)O)c(Cl)c1. The maximum absolute atomic E-state index is 12.8. The summed E-state index contributed by atoms with van der Waals surface area (Å²) < 4.78 is 43.6. The van der Waals surface area contributed by atoms with Gasteiger partial charge in [0.05, 0.1) is 16.3 Å². The normalized spacial score (nSPS) is 11.6. The number of hydrogen-bond acceptors (Lipinski definition) is 5. The number of carbonyl (C=O) groups is 2. The average molecular weight is 512 g/mol. The van der Waals surface area contributed by atoms with Gasteiger partial charge in [-0.25, -0.2) is 9.78 Å². The van der Waals surface area contributed by atoms with E-state index in [9.17, 15) is 22.8 Å². The number of ether oxygens (including phenoxy) is 1. The minimum absolute atomic E-state index is 0.0738. The van der Waals surface area contributed by atoms with Crippen molar-refractivity contribution >= 4 is 34.7 Å². The van der Waals surface area contributed by atoms with Gasteiger partial charge in [-0.3, -0.25) is 4.79 Å². The second kappa shape index (κ2) is 10.6. The summed E-state index contributed by atoms with van der Waals surface area (Å²) in [6.45, 7) is 3.39. The Morgan fingerprint density at radius 2 is 1.82 bits per heavy atom. The van der Waals surface area contributed by atoms with Crippen molar-refractivity contribution in [2.75, 3.05) is 6.61 Å². The molecule has 0 bridgehead atoms. The van der Waals surface area contributed by atoms with Crippen LogP contribution in [-0.2, 0) is 17.4 Å². The Labute approximate surface area is 203 Å². The molecule has 0 unspecified atom stereocenters. The van der Waals surface area contributed by atoms with Crippen LogP contribution in [0.3, 0.4) is 0 Å². The highest BCUT2D eigenvalue weighted by molar-refractivity contribution is 7.15. The molecule has 180 valence electrons. The topological polar surface area (TPSA) is 76.5 Å². The molecule has 0 amide bonds. The number of nitrogens with zero attached hydrogens (tertiary/aromatic N) is 1. The third-order valence-corrected chi connectivity index (χ3v) is 6.39. The van der Waals surface area contributed by atoms with Gasteiger partial charge < -0.3 is 9.84 Å². The minimum atomic E-state index is -4.40. The first-order valence-electron chi connectivity index (χ1n) is 10.3. The Hall–Kier alpha value is -2.91. The van der Waals surface area contributed by atoms with Crippen molar-refractivity contribution in [3.05, 3.63) is 69.2 Å². The number of rotatable bonds is 9. The summed E-state index contributed by atoms with van der Waals surface area (Å²) >= 11 is 7.46. The van der Waals surface area contributed by atoms with Gasteiger partial charge in [-0.15, -0.1) is 11.3 Å². The highest BCUT2D eigenvalue weighted by atomic mass is 35.5. The van der Waals surface area contributed by atoms with Crippen molar-refractivity contribution < 1.29 is 32.6 Å². The Kier molecular flexibility index (Phi) is 7.99. The van der Waals surface area contributed by atoms with E-state index in [4.69, 9.17) is 21.4 Å². The summed E-state index contributed by atoms with van der Waals surface area (Å²) in [6, 6.07) is 9.27. The number of benzene rings is 2. The van der Waals surface area contributed by atoms with Crippen LogP contribution in [0, 0.1) is 0 Å². The molecule has 34 heavy (non-hydrogen) atoms. The molecule has 0 aliphatic carbocycles. The number of Topliss-reactive ketones (excluding diaryl/α,β-unsaturated/α-hetero) is 1. The van der Waals surface area contributed by atoms with Crippen molar-refractivity contribution in [3.8, 4) is 16.3 Å². The number of carboxylic acid groups (broad SMARTS) is 1. The Morgan fingerprint density at radius 3 is 2.38 bits per heavy atom. The van der Waals surface area contributed by atoms with Crippen molar-refractivity contribution in [2.24, 2.45) is 0 Å². The van der Waals surface area contributed by atoms with E-state index in [0.29, 0.717) is 22.6 Å². The van der Waals surface area contributed by atoms with E-state index in [2.05, 4.69) is 4.98 Å². The third kappa shape index (κ3) is 6.36. The number of carboxylic acids is 1. The van der Waals surface area contributed by atoms with Crippen LogP contribution in [0.2, 0.25) is 5.02 Å². The fraction of sp³-hybridized carbons (Fsp3) is 0.292. The lowest BCUT2D eigenvalue weighted by atomic mass is 10.0. The molecule has 3 aromatic rings. The molecule has 3 rings (SSSR count). The predicted molar refractivity (Wildman–Crippen MR) is 124 cm³/mol. The Balaban J connectivity index is 1.74. The number of aryl methyl sites for hydroxylation is 1. The molecule has 0 saturated heterocycles. The number of carbonyl (C=O) groups excluding carboxylic acids is 1. The molecule has 1 N–H and O–H groups in total. The number of aliphatic carboxylic acids is 1. The number of alkyl halides is 3. The van der Waals surface area contributed by atoms with Crippen LogP contribution in [0.4, 0.5) is 13.2 Å². The summed E-state index contributed by atoms with van der Waals surface area (Å²) in [7, 11) is 0. The standard InChI is InChI=1S/C24H21ClF3NO4S/c1-13(2)22-20(34-23(29-22)14-3-6-16(7-4-14)24(26,27)28)10-8-18(30)15-5-9-19(17(25)11-15)33-12-21(31)32/h3-7,9,11,13H,8,10,12H2,1-2H3,(H,31,32). The molecule has 0 fully saturated rings. The lowest BCUT2D eigenvalue weighted by molar-refractivity contribution is -0.139. The zero-order valence-electron chi connectivity index (χ0n) is 18.3. The molecule has 0 aliphatic rings. The number of thiazole rings is 1. The van der Waals surface area contributed by atoms with Gasteiger partial charge >= 0.3 is 12.1 Å². The van der Waals surface area contributed by atoms with Crippen molar-refractivity contribution in [1.82, 2.24) is 4.98 Å². The van der Waals surface area contributed by atoms with E-state index in [-0.39, 0.29) is 28.9 Å². The number of halogens is 4. The summed E-state index contributed by atoms with van der Waals surface area (Å²) in [5.74, 6) is -1.06. The lowest BCUT2D eigenvalue weighted by Gasteiger charge is -2.08. The smallest absolute Gasteiger partial charge is 0.416 e. The molecule has 1 heterocycles.